The average molecular weight is 328 g/mol. The number of ether oxygens (including phenoxy) is 1. The number of Topliss-reactive ketones (excluding diaryl/α,β-unsaturated/α-hetero) is 1. The fourth-order valence-electron chi connectivity index (χ4n) is 3.11. The van der Waals surface area contributed by atoms with Gasteiger partial charge in [-0.1, -0.05) is 44.4 Å². The highest BCUT2D eigenvalue weighted by Gasteiger charge is 2.31. The Balaban J connectivity index is 1.98. The van der Waals surface area contributed by atoms with E-state index in [1.165, 1.54) is 7.11 Å². The number of rotatable bonds is 8. The topological polar surface area (TPSA) is 60.4 Å². The summed E-state index contributed by atoms with van der Waals surface area (Å²) in [5, 5.41) is 0. The van der Waals surface area contributed by atoms with Crippen molar-refractivity contribution in [2.24, 2.45) is 11.8 Å². The molecule has 0 N–H and O–H groups in total. The maximum Gasteiger partial charge on any atom is 0.337 e. The summed E-state index contributed by atoms with van der Waals surface area (Å²) in [6.45, 7) is 2.13. The molecule has 4 heteroatoms. The molecule has 1 aromatic carbocycles. The van der Waals surface area contributed by atoms with Crippen LogP contribution in [-0.4, -0.2) is 24.6 Å². The number of methoxy groups -OCH3 is 1. The lowest BCUT2D eigenvalue weighted by molar-refractivity contribution is -0.118. The quantitative estimate of drug-likeness (QED) is 0.411. The third kappa shape index (κ3) is 4.40. The number of unbranched alkanes of at least 4 members (excludes halogenated alkanes) is 2. The minimum Gasteiger partial charge on any atom is -0.465 e. The third-order valence-electron chi connectivity index (χ3n) is 4.56. The van der Waals surface area contributed by atoms with Gasteiger partial charge < -0.3 is 4.74 Å². The van der Waals surface area contributed by atoms with Gasteiger partial charge in [0.2, 0.25) is 0 Å². The van der Waals surface area contributed by atoms with E-state index in [0.717, 1.165) is 25.7 Å². The number of hydrogen-bond acceptors (Lipinski definition) is 4. The first kappa shape index (κ1) is 18.1. The van der Waals surface area contributed by atoms with E-state index in [2.05, 4.69) is 11.7 Å². The molecule has 24 heavy (non-hydrogen) atoms. The Labute approximate surface area is 142 Å². The Morgan fingerprint density at radius 1 is 1.08 bits per heavy atom. The number of esters is 1. The number of benzene rings is 1. The lowest BCUT2D eigenvalue weighted by Gasteiger charge is -2.17. The van der Waals surface area contributed by atoms with E-state index in [4.69, 9.17) is 0 Å². The van der Waals surface area contributed by atoms with E-state index in [-0.39, 0.29) is 23.4 Å². The van der Waals surface area contributed by atoms with Crippen molar-refractivity contribution in [2.45, 2.75) is 39.0 Å². The van der Waals surface area contributed by atoms with Gasteiger partial charge in [0.1, 0.15) is 0 Å². The van der Waals surface area contributed by atoms with Crippen molar-refractivity contribution in [1.82, 2.24) is 0 Å². The minimum atomic E-state index is -0.422. The molecular formula is C20H24O4. The number of hydrogen-bond donors (Lipinski definition) is 0. The molecule has 2 atom stereocenters. The predicted octanol–water partition coefficient (Wildman–Crippen LogP) is 4.00. The summed E-state index contributed by atoms with van der Waals surface area (Å²) >= 11 is 0. The highest BCUT2D eigenvalue weighted by atomic mass is 16.5. The van der Waals surface area contributed by atoms with Crippen LogP contribution in [0.1, 0.15) is 59.7 Å². The summed E-state index contributed by atoms with van der Waals surface area (Å²) in [4.78, 5) is 35.9. The molecule has 128 valence electrons. The van der Waals surface area contributed by atoms with Crippen LogP contribution >= 0.6 is 0 Å². The van der Waals surface area contributed by atoms with Crippen molar-refractivity contribution in [1.29, 1.82) is 0 Å². The highest BCUT2D eigenvalue weighted by molar-refractivity contribution is 6.00. The summed E-state index contributed by atoms with van der Waals surface area (Å²) in [7, 11) is 1.32. The first-order valence-corrected chi connectivity index (χ1v) is 8.50. The van der Waals surface area contributed by atoms with Crippen LogP contribution in [0.3, 0.4) is 0 Å². The van der Waals surface area contributed by atoms with Crippen molar-refractivity contribution in [3.05, 3.63) is 47.5 Å². The molecule has 1 aliphatic rings. The van der Waals surface area contributed by atoms with Crippen LogP contribution in [0.5, 0.6) is 0 Å². The number of carbonyl (C=O) groups excluding carboxylic acids is 3. The first-order valence-electron chi connectivity index (χ1n) is 8.50. The fraction of sp³-hybridized carbons (Fsp3) is 0.450. The molecule has 0 fully saturated rings. The zero-order valence-electron chi connectivity index (χ0n) is 14.3. The molecule has 0 spiro atoms. The first-order chi connectivity index (χ1) is 11.6. The highest BCUT2D eigenvalue weighted by Crippen LogP contribution is 2.31. The molecule has 1 aromatic rings. The van der Waals surface area contributed by atoms with Crippen molar-refractivity contribution in [3.63, 3.8) is 0 Å². The van der Waals surface area contributed by atoms with Gasteiger partial charge in [-0.05, 0) is 30.5 Å². The number of carbonyl (C=O) groups is 3. The molecule has 1 aliphatic carbocycles. The number of ketones is 2. The van der Waals surface area contributed by atoms with Crippen LogP contribution in [0.15, 0.2) is 36.4 Å². The van der Waals surface area contributed by atoms with Gasteiger partial charge in [0.15, 0.2) is 11.6 Å². The van der Waals surface area contributed by atoms with Gasteiger partial charge in [-0.25, -0.2) is 4.79 Å². The van der Waals surface area contributed by atoms with E-state index in [9.17, 15) is 14.4 Å². The second-order valence-corrected chi connectivity index (χ2v) is 6.22. The molecule has 0 saturated carbocycles. The standard InChI is InChI=1S/C20H24O4/c1-3-4-5-6-17-16(11-12-18(17)21)13-19(22)14-7-9-15(10-8-14)20(23)24-2/h7-12,16-17H,3-6,13H2,1-2H3/t16-,17-/m1/s1. The zero-order chi connectivity index (χ0) is 17.5. The average Bonchev–Trinajstić information content (AvgIpc) is 2.94. The third-order valence-corrected chi connectivity index (χ3v) is 4.56. The maximum absolute atomic E-state index is 12.5. The molecule has 4 nitrogen and oxygen atoms in total. The van der Waals surface area contributed by atoms with Gasteiger partial charge in [0.05, 0.1) is 12.7 Å². The molecule has 2 rings (SSSR count). The molecule has 0 unspecified atom stereocenters. The van der Waals surface area contributed by atoms with E-state index in [1.54, 1.807) is 30.3 Å². The second-order valence-electron chi connectivity index (χ2n) is 6.22. The van der Waals surface area contributed by atoms with Crippen LogP contribution in [0.4, 0.5) is 0 Å². The molecular weight excluding hydrogens is 304 g/mol. The molecule has 0 bridgehead atoms. The summed E-state index contributed by atoms with van der Waals surface area (Å²) in [6, 6.07) is 6.46. The SMILES string of the molecule is CCCCC[C@H]1C(=O)C=C[C@@H]1CC(=O)c1ccc(C(=O)OC)cc1. The Morgan fingerprint density at radius 2 is 1.75 bits per heavy atom. The van der Waals surface area contributed by atoms with E-state index in [0.29, 0.717) is 17.5 Å². The second kappa shape index (κ2) is 8.57. The fourth-order valence-corrected chi connectivity index (χ4v) is 3.11. The lowest BCUT2D eigenvalue weighted by atomic mass is 9.85. The van der Waals surface area contributed by atoms with E-state index < -0.39 is 5.97 Å². The number of allylic oxidation sites excluding steroid dienone is 2. The normalized spacial score (nSPS) is 19.5. The zero-order valence-corrected chi connectivity index (χ0v) is 14.3. The van der Waals surface area contributed by atoms with Gasteiger partial charge in [-0.15, -0.1) is 0 Å². The predicted molar refractivity (Wildman–Crippen MR) is 92.0 cm³/mol. The molecule has 0 aliphatic heterocycles. The smallest absolute Gasteiger partial charge is 0.337 e. The lowest BCUT2D eigenvalue weighted by Crippen LogP contribution is -2.19. The van der Waals surface area contributed by atoms with Gasteiger partial charge in [-0.2, -0.15) is 0 Å². The summed E-state index contributed by atoms with van der Waals surface area (Å²) < 4.78 is 4.65. The van der Waals surface area contributed by atoms with Crippen molar-refractivity contribution in [3.8, 4) is 0 Å². The van der Waals surface area contributed by atoms with Crippen LogP contribution in [0.25, 0.3) is 0 Å². The molecule has 0 radical (unpaired) electrons. The summed E-state index contributed by atoms with van der Waals surface area (Å²) in [6.07, 6.45) is 7.92. The Morgan fingerprint density at radius 3 is 2.38 bits per heavy atom. The monoisotopic (exact) mass is 328 g/mol. The molecule has 0 heterocycles. The van der Waals surface area contributed by atoms with E-state index >= 15 is 0 Å². The van der Waals surface area contributed by atoms with Crippen LogP contribution in [0.2, 0.25) is 0 Å². The Hall–Kier alpha value is -2.23. The molecule has 0 saturated heterocycles. The van der Waals surface area contributed by atoms with Crippen LogP contribution < -0.4 is 0 Å². The Kier molecular flexibility index (Phi) is 6.47. The van der Waals surface area contributed by atoms with Crippen LogP contribution in [-0.2, 0) is 9.53 Å². The van der Waals surface area contributed by atoms with Gasteiger partial charge in [0.25, 0.3) is 0 Å². The van der Waals surface area contributed by atoms with Crippen molar-refractivity contribution in [2.75, 3.05) is 7.11 Å². The van der Waals surface area contributed by atoms with Gasteiger partial charge >= 0.3 is 5.97 Å². The largest absolute Gasteiger partial charge is 0.465 e. The summed E-state index contributed by atoms with van der Waals surface area (Å²) in [5.41, 5.74) is 0.977. The molecule has 0 aromatic heterocycles. The molecule has 0 amide bonds. The minimum absolute atomic E-state index is 0.00347. The van der Waals surface area contributed by atoms with Gasteiger partial charge in [0, 0.05) is 17.9 Å². The van der Waals surface area contributed by atoms with Crippen LogP contribution in [0, 0.1) is 11.8 Å². The van der Waals surface area contributed by atoms with Gasteiger partial charge in [-0.3, -0.25) is 9.59 Å². The van der Waals surface area contributed by atoms with Crippen molar-refractivity contribution < 1.29 is 19.1 Å². The van der Waals surface area contributed by atoms with Crippen molar-refractivity contribution >= 4 is 17.5 Å². The Bertz CT molecular complexity index is 628. The maximum atomic E-state index is 12.5. The summed E-state index contributed by atoms with van der Waals surface area (Å²) in [5.74, 6) is -0.354. The van der Waals surface area contributed by atoms with E-state index in [1.807, 2.05) is 6.08 Å².